The Kier molecular flexibility index (Phi) is 7.92. The van der Waals surface area contributed by atoms with E-state index in [0.717, 1.165) is 11.1 Å². The molecular weight excluding hydrogens is 572 g/mol. The maximum Gasteiger partial charge on any atom is 0.262 e. The highest BCUT2D eigenvalue weighted by Gasteiger charge is 2.53. The van der Waals surface area contributed by atoms with Crippen LogP contribution in [0, 0.1) is 0 Å². The quantitative estimate of drug-likeness (QED) is 0.260. The van der Waals surface area contributed by atoms with Crippen molar-refractivity contribution in [3.63, 3.8) is 0 Å². The molecule has 6 rings (SSSR count). The summed E-state index contributed by atoms with van der Waals surface area (Å²) in [6.07, 6.45) is -12.5. The number of fused-ring (bicyclic) bond motifs is 2. The Balaban J connectivity index is 1.55. The van der Waals surface area contributed by atoms with Gasteiger partial charge in [-0.3, -0.25) is 19.4 Å². The fraction of sp³-hybridized carbons (Fsp3) is 0.500. The van der Waals surface area contributed by atoms with E-state index in [1.807, 2.05) is 26.0 Å². The SMILES string of the molecule is CCc1ccc2c(c1)/C(=C1\C(=O)N([C@H]3O[C@@H](C)[C@H](O)[C@@H](O)[C@H]3O)c3ccc(CC)cc31)C(=O)N2[C@H]1O[C@@H](C)[C@H](O)[C@@H](O)[C@H]1O. The van der Waals surface area contributed by atoms with E-state index in [1.54, 1.807) is 24.3 Å². The van der Waals surface area contributed by atoms with Gasteiger partial charge in [0, 0.05) is 11.1 Å². The lowest BCUT2D eigenvalue weighted by Crippen LogP contribution is -2.62. The van der Waals surface area contributed by atoms with E-state index in [-0.39, 0.29) is 11.1 Å². The minimum atomic E-state index is -1.65. The number of ether oxygens (including phenoxy) is 2. The van der Waals surface area contributed by atoms with Gasteiger partial charge in [-0.15, -0.1) is 0 Å². The third kappa shape index (κ3) is 4.52. The Morgan fingerprint density at radius 2 is 0.955 bits per heavy atom. The van der Waals surface area contributed by atoms with Crippen molar-refractivity contribution in [2.24, 2.45) is 0 Å². The third-order valence-electron chi connectivity index (χ3n) is 9.27. The van der Waals surface area contributed by atoms with Gasteiger partial charge in [0.05, 0.1) is 34.7 Å². The molecule has 4 heterocycles. The lowest BCUT2D eigenvalue weighted by molar-refractivity contribution is -0.216. The number of amides is 2. The summed E-state index contributed by atoms with van der Waals surface area (Å²) >= 11 is 0. The first-order chi connectivity index (χ1) is 20.9. The smallest absolute Gasteiger partial charge is 0.262 e. The van der Waals surface area contributed by atoms with Gasteiger partial charge in [0.1, 0.15) is 36.6 Å². The van der Waals surface area contributed by atoms with Gasteiger partial charge in [0.15, 0.2) is 12.5 Å². The number of hydrogen-bond acceptors (Lipinski definition) is 10. The van der Waals surface area contributed by atoms with Gasteiger partial charge in [0.25, 0.3) is 11.8 Å². The highest BCUT2D eigenvalue weighted by molar-refractivity contribution is 6.50. The monoisotopic (exact) mass is 610 g/mol. The summed E-state index contributed by atoms with van der Waals surface area (Å²) in [4.78, 5) is 31.4. The second-order valence-corrected chi connectivity index (χ2v) is 11.9. The number of carbonyl (C=O) groups excluding carboxylic acids is 2. The number of rotatable bonds is 4. The topological polar surface area (TPSA) is 180 Å². The van der Waals surface area contributed by atoms with Gasteiger partial charge in [0.2, 0.25) is 0 Å². The standard InChI is InChI=1S/C32H38N2O10/c1-5-15-7-9-19-17(11-15)21(29(41)33(19)31-27(39)25(37)23(35)13(3)43-31)22-18-12-16(6-2)8-10-20(18)34(30(22)42)32-28(40)26(38)24(36)14(4)44-32/h7-14,23-28,31-32,35-40H,5-6H2,1-4H3/b22-21+/t13-,14-,23-,24-,25+,26+,27+,28+,31-,32-/m0/s1. The van der Waals surface area contributed by atoms with Crippen LogP contribution < -0.4 is 9.80 Å². The highest BCUT2D eigenvalue weighted by atomic mass is 16.6. The van der Waals surface area contributed by atoms with Crippen LogP contribution in [0.2, 0.25) is 0 Å². The highest BCUT2D eigenvalue weighted by Crippen LogP contribution is 2.49. The number of aliphatic hydroxyl groups is 6. The van der Waals surface area contributed by atoms with Crippen LogP contribution in [-0.4, -0.2) is 104 Å². The summed E-state index contributed by atoms with van der Waals surface area (Å²) in [5.74, 6) is -1.31. The molecule has 2 fully saturated rings. The molecule has 0 aliphatic carbocycles. The van der Waals surface area contributed by atoms with Crippen LogP contribution in [0.3, 0.4) is 0 Å². The second kappa shape index (κ2) is 11.3. The first-order valence-electron chi connectivity index (χ1n) is 15.0. The van der Waals surface area contributed by atoms with Crippen molar-refractivity contribution in [3.8, 4) is 0 Å². The lowest BCUT2D eigenvalue weighted by atomic mass is 9.94. The van der Waals surface area contributed by atoms with Crippen LogP contribution in [0.15, 0.2) is 36.4 Å². The van der Waals surface area contributed by atoms with Crippen LogP contribution in [0.25, 0.3) is 11.1 Å². The molecule has 236 valence electrons. The largest absolute Gasteiger partial charge is 0.388 e. The van der Waals surface area contributed by atoms with Gasteiger partial charge in [-0.1, -0.05) is 26.0 Å². The summed E-state index contributed by atoms with van der Waals surface area (Å²) in [5, 5.41) is 63.6. The average Bonchev–Trinajstić information content (AvgIpc) is 3.46. The molecule has 0 bridgehead atoms. The Morgan fingerprint density at radius 1 is 0.591 bits per heavy atom. The summed E-state index contributed by atoms with van der Waals surface area (Å²) in [6.45, 7) is 6.95. The molecule has 6 N–H and O–H groups in total. The predicted molar refractivity (Wildman–Crippen MR) is 158 cm³/mol. The van der Waals surface area contributed by atoms with Crippen molar-refractivity contribution >= 4 is 34.3 Å². The number of aryl methyl sites for hydroxylation is 2. The van der Waals surface area contributed by atoms with Crippen molar-refractivity contribution < 1.29 is 49.7 Å². The molecule has 0 spiro atoms. The lowest BCUT2D eigenvalue weighted by Gasteiger charge is -2.43. The third-order valence-corrected chi connectivity index (χ3v) is 9.27. The molecule has 2 amide bonds. The zero-order valence-corrected chi connectivity index (χ0v) is 24.9. The second-order valence-electron chi connectivity index (χ2n) is 11.9. The first-order valence-corrected chi connectivity index (χ1v) is 15.0. The molecule has 2 aromatic rings. The van der Waals surface area contributed by atoms with Crippen molar-refractivity contribution in [3.05, 3.63) is 58.7 Å². The van der Waals surface area contributed by atoms with E-state index >= 15 is 0 Å². The zero-order valence-electron chi connectivity index (χ0n) is 24.9. The fourth-order valence-electron chi connectivity index (χ4n) is 6.59. The Bertz CT molecular complexity index is 1410. The van der Waals surface area contributed by atoms with Crippen LogP contribution in [0.4, 0.5) is 11.4 Å². The Hall–Kier alpha value is -3.20. The van der Waals surface area contributed by atoms with Crippen molar-refractivity contribution in [1.82, 2.24) is 0 Å². The van der Waals surface area contributed by atoms with Crippen LogP contribution >= 0.6 is 0 Å². The predicted octanol–water partition coefficient (Wildman–Crippen LogP) is 0.0704. The molecule has 4 aliphatic heterocycles. The summed E-state index contributed by atoms with van der Waals surface area (Å²) in [5.41, 5.74) is 3.40. The number of hydrogen-bond donors (Lipinski definition) is 6. The molecule has 0 aromatic heterocycles. The van der Waals surface area contributed by atoms with Crippen LogP contribution in [-0.2, 0) is 31.9 Å². The maximum atomic E-state index is 14.5. The molecular formula is C32H38N2O10. The maximum absolute atomic E-state index is 14.5. The van der Waals surface area contributed by atoms with Gasteiger partial charge >= 0.3 is 0 Å². The minimum Gasteiger partial charge on any atom is -0.388 e. The molecule has 0 radical (unpaired) electrons. The van der Waals surface area contributed by atoms with Crippen LogP contribution in [0.5, 0.6) is 0 Å². The average molecular weight is 611 g/mol. The van der Waals surface area contributed by atoms with E-state index in [0.29, 0.717) is 35.3 Å². The number of nitrogens with zero attached hydrogens (tertiary/aromatic N) is 2. The van der Waals surface area contributed by atoms with Gasteiger partial charge in [-0.05, 0) is 62.1 Å². The first kappa shape index (κ1) is 30.8. The molecule has 10 atom stereocenters. The molecule has 2 saturated heterocycles. The molecule has 4 aliphatic rings. The Labute approximate surface area is 254 Å². The molecule has 12 nitrogen and oxygen atoms in total. The van der Waals surface area contributed by atoms with E-state index < -0.39 is 73.1 Å². The van der Waals surface area contributed by atoms with Gasteiger partial charge in [-0.25, -0.2) is 0 Å². The van der Waals surface area contributed by atoms with Crippen LogP contribution in [0.1, 0.15) is 49.9 Å². The summed E-state index contributed by atoms with van der Waals surface area (Å²) in [6, 6.07) is 10.6. The van der Waals surface area contributed by atoms with Gasteiger partial charge in [-0.2, -0.15) is 0 Å². The molecule has 44 heavy (non-hydrogen) atoms. The van der Waals surface area contributed by atoms with Crippen molar-refractivity contribution in [2.75, 3.05) is 9.80 Å². The van der Waals surface area contributed by atoms with Gasteiger partial charge < -0.3 is 40.1 Å². The summed E-state index contributed by atoms with van der Waals surface area (Å²) in [7, 11) is 0. The zero-order chi connectivity index (χ0) is 31.8. The van der Waals surface area contributed by atoms with E-state index in [2.05, 4.69) is 0 Å². The Morgan fingerprint density at radius 3 is 1.30 bits per heavy atom. The normalized spacial score (nSPS) is 37.0. The van der Waals surface area contributed by atoms with E-state index in [1.165, 1.54) is 23.6 Å². The minimum absolute atomic E-state index is 0.0419. The molecule has 12 heteroatoms. The van der Waals surface area contributed by atoms with Crippen molar-refractivity contribution in [1.29, 1.82) is 0 Å². The molecule has 2 aromatic carbocycles. The summed E-state index contributed by atoms with van der Waals surface area (Å²) < 4.78 is 11.8. The molecule has 0 unspecified atom stereocenters. The number of anilines is 2. The number of carbonyl (C=O) groups is 2. The van der Waals surface area contributed by atoms with E-state index in [4.69, 9.17) is 9.47 Å². The van der Waals surface area contributed by atoms with Crippen molar-refractivity contribution in [2.45, 2.75) is 102 Å². The number of aliphatic hydroxyl groups excluding tert-OH is 6. The number of benzene rings is 2. The fourth-order valence-corrected chi connectivity index (χ4v) is 6.59. The molecule has 0 saturated carbocycles. The van der Waals surface area contributed by atoms with E-state index in [9.17, 15) is 40.2 Å².